The quantitative estimate of drug-likeness (QED) is 0.716. The molecule has 0 aromatic carbocycles. The minimum absolute atomic E-state index is 0.220. The van der Waals surface area contributed by atoms with E-state index in [9.17, 15) is 4.79 Å². The highest BCUT2D eigenvalue weighted by Gasteiger charge is 2.23. The minimum Gasteiger partial charge on any atom is -0.444 e. The van der Waals surface area contributed by atoms with Crippen LogP contribution in [0.1, 0.15) is 53.9 Å². The van der Waals surface area contributed by atoms with E-state index >= 15 is 0 Å². The predicted molar refractivity (Wildman–Crippen MR) is 79.1 cm³/mol. The van der Waals surface area contributed by atoms with Gasteiger partial charge in [0.05, 0.1) is 0 Å². The maximum Gasteiger partial charge on any atom is 0.410 e. The van der Waals surface area contributed by atoms with E-state index in [1.165, 1.54) is 12.0 Å². The van der Waals surface area contributed by atoms with E-state index in [0.717, 1.165) is 25.3 Å². The minimum atomic E-state index is -0.413. The summed E-state index contributed by atoms with van der Waals surface area (Å²) < 4.78 is 5.36. The van der Waals surface area contributed by atoms with Gasteiger partial charge in [-0.2, -0.15) is 0 Å². The Bertz CT molecular complexity index is 341. The van der Waals surface area contributed by atoms with E-state index in [-0.39, 0.29) is 6.09 Å². The lowest BCUT2D eigenvalue weighted by Gasteiger charge is -2.30. The lowest BCUT2D eigenvalue weighted by Crippen LogP contribution is -2.35. The van der Waals surface area contributed by atoms with Gasteiger partial charge in [-0.1, -0.05) is 18.6 Å². The van der Waals surface area contributed by atoms with E-state index in [4.69, 9.17) is 4.74 Å². The highest BCUT2D eigenvalue weighted by molar-refractivity contribution is 5.67. The first-order valence-electron chi connectivity index (χ1n) is 7.29. The summed E-state index contributed by atoms with van der Waals surface area (Å²) in [5.74, 6) is 1.41. The van der Waals surface area contributed by atoms with Crippen LogP contribution in [0, 0.1) is 11.8 Å². The summed E-state index contributed by atoms with van der Waals surface area (Å²) in [6.07, 6.45) is 5.53. The second-order valence-electron chi connectivity index (χ2n) is 6.92. The monoisotopic (exact) mass is 267 g/mol. The number of amides is 1. The molecule has 0 aromatic heterocycles. The largest absolute Gasteiger partial charge is 0.444 e. The van der Waals surface area contributed by atoms with Gasteiger partial charge in [-0.15, -0.1) is 0 Å². The van der Waals surface area contributed by atoms with Gasteiger partial charge in [0.15, 0.2) is 0 Å². The first kappa shape index (κ1) is 16.1. The number of ether oxygens (including phenoxy) is 1. The molecule has 0 bridgehead atoms. The van der Waals surface area contributed by atoms with Crippen LogP contribution >= 0.6 is 0 Å². The number of allylic oxidation sites excluding steroid dienone is 2. The summed E-state index contributed by atoms with van der Waals surface area (Å²) in [7, 11) is 1.82. The fourth-order valence-corrected chi connectivity index (χ4v) is 2.54. The van der Waals surface area contributed by atoms with Crippen LogP contribution in [0.25, 0.3) is 0 Å². The summed E-state index contributed by atoms with van der Waals surface area (Å²) in [4.78, 5) is 13.6. The van der Waals surface area contributed by atoms with Crippen LogP contribution in [-0.4, -0.2) is 30.2 Å². The summed E-state index contributed by atoms with van der Waals surface area (Å²) in [5.41, 5.74) is 1.09. The second-order valence-corrected chi connectivity index (χ2v) is 6.92. The number of carbonyl (C=O) groups is 1. The maximum atomic E-state index is 11.9. The average Bonchev–Trinajstić information content (AvgIpc) is 2.25. The molecule has 0 spiro atoms. The van der Waals surface area contributed by atoms with Crippen molar-refractivity contribution in [2.75, 3.05) is 13.6 Å². The zero-order valence-electron chi connectivity index (χ0n) is 13.3. The van der Waals surface area contributed by atoms with E-state index in [1.807, 2.05) is 27.8 Å². The molecule has 1 unspecified atom stereocenters. The van der Waals surface area contributed by atoms with Crippen LogP contribution in [0.15, 0.2) is 11.6 Å². The number of nitrogens with zero attached hydrogens (tertiary/aromatic N) is 1. The van der Waals surface area contributed by atoms with Crippen LogP contribution in [0.4, 0.5) is 4.79 Å². The average molecular weight is 267 g/mol. The number of hydrogen-bond acceptors (Lipinski definition) is 2. The third-order valence-electron chi connectivity index (χ3n) is 3.76. The summed E-state index contributed by atoms with van der Waals surface area (Å²) in [6.45, 7) is 11.0. The Morgan fingerprint density at radius 2 is 2.11 bits per heavy atom. The van der Waals surface area contributed by atoms with Crippen molar-refractivity contribution in [3.63, 3.8) is 0 Å². The summed E-state index contributed by atoms with van der Waals surface area (Å²) >= 11 is 0. The van der Waals surface area contributed by atoms with Crippen LogP contribution in [0.2, 0.25) is 0 Å². The molecule has 3 heteroatoms. The van der Waals surface area contributed by atoms with Gasteiger partial charge in [0, 0.05) is 13.6 Å². The molecule has 2 atom stereocenters. The molecule has 0 fully saturated rings. The Morgan fingerprint density at radius 1 is 1.47 bits per heavy atom. The molecule has 3 nitrogen and oxygen atoms in total. The van der Waals surface area contributed by atoms with E-state index in [0.29, 0.717) is 5.92 Å². The van der Waals surface area contributed by atoms with Crippen molar-refractivity contribution in [2.45, 2.75) is 59.5 Å². The van der Waals surface area contributed by atoms with Crippen molar-refractivity contribution >= 4 is 6.09 Å². The molecule has 0 heterocycles. The highest BCUT2D eigenvalue weighted by atomic mass is 16.6. The topological polar surface area (TPSA) is 29.5 Å². The summed E-state index contributed by atoms with van der Waals surface area (Å²) in [5, 5.41) is 0. The molecule has 0 aromatic rings. The van der Waals surface area contributed by atoms with Crippen molar-refractivity contribution in [3.8, 4) is 0 Å². The van der Waals surface area contributed by atoms with E-state index < -0.39 is 5.60 Å². The second kappa shape index (κ2) is 6.44. The third-order valence-corrected chi connectivity index (χ3v) is 3.76. The Morgan fingerprint density at radius 3 is 2.63 bits per heavy atom. The molecular weight excluding hydrogens is 238 g/mol. The zero-order chi connectivity index (χ0) is 14.6. The fourth-order valence-electron chi connectivity index (χ4n) is 2.54. The van der Waals surface area contributed by atoms with E-state index in [1.54, 1.807) is 4.90 Å². The van der Waals surface area contributed by atoms with Gasteiger partial charge in [0.1, 0.15) is 5.60 Å². The molecule has 19 heavy (non-hydrogen) atoms. The van der Waals surface area contributed by atoms with Crippen molar-refractivity contribution in [3.05, 3.63) is 11.6 Å². The lowest BCUT2D eigenvalue weighted by atomic mass is 9.79. The van der Waals surface area contributed by atoms with E-state index in [2.05, 4.69) is 19.9 Å². The molecule has 1 aliphatic carbocycles. The molecule has 1 amide bonds. The highest BCUT2D eigenvalue weighted by Crippen LogP contribution is 2.31. The molecule has 110 valence electrons. The molecule has 0 radical (unpaired) electrons. The van der Waals surface area contributed by atoms with Crippen molar-refractivity contribution in [1.29, 1.82) is 0 Å². The number of carbonyl (C=O) groups excluding carboxylic acids is 1. The van der Waals surface area contributed by atoms with Crippen LogP contribution in [-0.2, 0) is 4.74 Å². The van der Waals surface area contributed by atoms with Crippen molar-refractivity contribution in [2.24, 2.45) is 11.8 Å². The van der Waals surface area contributed by atoms with Gasteiger partial charge in [-0.25, -0.2) is 4.79 Å². The van der Waals surface area contributed by atoms with Crippen molar-refractivity contribution in [1.82, 2.24) is 4.90 Å². The van der Waals surface area contributed by atoms with Crippen LogP contribution in [0.3, 0.4) is 0 Å². The Hall–Kier alpha value is -0.990. The fraction of sp³-hybridized carbons (Fsp3) is 0.812. The number of hydrogen-bond donors (Lipinski definition) is 0. The molecule has 0 aliphatic heterocycles. The molecular formula is C16H29NO2. The van der Waals surface area contributed by atoms with Crippen LogP contribution in [0.5, 0.6) is 0 Å². The first-order chi connectivity index (χ1) is 8.69. The molecule has 0 saturated heterocycles. The van der Waals surface area contributed by atoms with Gasteiger partial charge in [0.25, 0.3) is 0 Å². The van der Waals surface area contributed by atoms with Gasteiger partial charge in [-0.05, 0) is 58.8 Å². The van der Waals surface area contributed by atoms with Gasteiger partial charge >= 0.3 is 6.09 Å². The normalized spacial score (nSPS) is 23.8. The Labute approximate surface area is 118 Å². The first-order valence-corrected chi connectivity index (χ1v) is 7.29. The summed E-state index contributed by atoms with van der Waals surface area (Å²) in [6, 6.07) is 0. The lowest BCUT2D eigenvalue weighted by molar-refractivity contribution is 0.0285. The van der Waals surface area contributed by atoms with Gasteiger partial charge < -0.3 is 9.64 Å². The SMILES string of the molecule is CC1=CCC(CCN(C)C(=O)OC(C)(C)C)[C@H](C)C1. The van der Waals surface area contributed by atoms with Gasteiger partial charge in [0.2, 0.25) is 0 Å². The third kappa shape index (κ3) is 5.66. The Kier molecular flexibility index (Phi) is 5.45. The maximum absolute atomic E-state index is 11.9. The molecule has 1 rings (SSSR count). The Balaban J connectivity index is 2.38. The number of rotatable bonds is 3. The predicted octanol–water partition coefficient (Wildman–Crippen LogP) is 4.24. The standard InChI is InChI=1S/C16H29NO2/c1-12-7-8-14(13(2)11-12)9-10-17(6)15(18)19-16(3,4)5/h7,13-14H,8-11H2,1-6H3/t13-,14?/m1/s1. The molecule has 0 N–H and O–H groups in total. The zero-order valence-corrected chi connectivity index (χ0v) is 13.3. The molecule has 0 saturated carbocycles. The molecule has 1 aliphatic rings. The van der Waals surface area contributed by atoms with Crippen molar-refractivity contribution < 1.29 is 9.53 Å². The van der Waals surface area contributed by atoms with Gasteiger partial charge in [-0.3, -0.25) is 0 Å². The van der Waals surface area contributed by atoms with Crippen LogP contribution < -0.4 is 0 Å². The smallest absolute Gasteiger partial charge is 0.410 e.